The summed E-state index contributed by atoms with van der Waals surface area (Å²) in [6, 6.07) is 1.04. The Balaban J connectivity index is 2.58. The Bertz CT molecular complexity index is 509. The monoisotopic (exact) mass is 293 g/mol. The zero-order valence-corrected chi connectivity index (χ0v) is 12.9. The number of carbonyl (C=O) groups is 2. The summed E-state index contributed by atoms with van der Waals surface area (Å²) < 4.78 is 0. The number of hydrogen-bond donors (Lipinski definition) is 3. The van der Waals surface area contributed by atoms with E-state index in [9.17, 15) is 9.59 Å². The van der Waals surface area contributed by atoms with E-state index in [1.165, 1.54) is 0 Å². The average Bonchev–Trinajstić information content (AvgIpc) is 2.35. The maximum absolute atomic E-state index is 11.9. The number of pyridine rings is 1. The van der Waals surface area contributed by atoms with E-state index in [1.54, 1.807) is 12.4 Å². The van der Waals surface area contributed by atoms with E-state index in [0.29, 0.717) is 6.54 Å². The number of aromatic nitrogens is 1. The molecule has 1 aromatic rings. The second-order valence-corrected chi connectivity index (χ2v) is 6.15. The number of nitrogens with one attached hydrogen (secondary N) is 2. The molecule has 6 nitrogen and oxygen atoms in total. The molecule has 0 radical (unpaired) electrons. The third kappa shape index (κ3) is 5.81. The molecular formula is C15H23N3O3. The molecule has 21 heavy (non-hydrogen) atoms. The van der Waals surface area contributed by atoms with Crippen LogP contribution < -0.4 is 10.6 Å². The molecule has 1 rings (SSSR count). The number of urea groups is 1. The topological polar surface area (TPSA) is 91.3 Å². The van der Waals surface area contributed by atoms with Crippen LogP contribution in [0.3, 0.4) is 0 Å². The standard InChI is InChI=1S/C15H23N3O3/c1-10-8-16-6-5-11(10)9-17-14(21)18-12(7-13(19)20)15(2,3)4/h5-6,8,12H,7,9H2,1-4H3,(H,19,20)(H2,17,18,21). The largest absolute Gasteiger partial charge is 0.481 e. The lowest BCUT2D eigenvalue weighted by molar-refractivity contribution is -0.138. The summed E-state index contributed by atoms with van der Waals surface area (Å²) >= 11 is 0. The van der Waals surface area contributed by atoms with E-state index in [2.05, 4.69) is 15.6 Å². The maximum Gasteiger partial charge on any atom is 0.315 e. The zero-order chi connectivity index (χ0) is 16.0. The first kappa shape index (κ1) is 16.9. The van der Waals surface area contributed by atoms with Crippen molar-refractivity contribution in [3.63, 3.8) is 0 Å². The molecule has 1 aromatic heterocycles. The average molecular weight is 293 g/mol. The van der Waals surface area contributed by atoms with Gasteiger partial charge in [0.1, 0.15) is 0 Å². The lowest BCUT2D eigenvalue weighted by atomic mass is 9.85. The van der Waals surface area contributed by atoms with Crippen LogP contribution in [-0.4, -0.2) is 28.1 Å². The van der Waals surface area contributed by atoms with Gasteiger partial charge in [-0.05, 0) is 29.5 Å². The molecule has 0 saturated carbocycles. The highest BCUT2D eigenvalue weighted by Gasteiger charge is 2.28. The molecule has 3 N–H and O–H groups in total. The number of aryl methyl sites for hydroxylation is 1. The first-order valence-electron chi connectivity index (χ1n) is 6.86. The SMILES string of the molecule is Cc1cnccc1CNC(=O)NC(CC(=O)O)C(C)(C)C. The first-order valence-corrected chi connectivity index (χ1v) is 6.86. The van der Waals surface area contributed by atoms with Crippen LogP contribution in [0.5, 0.6) is 0 Å². The molecule has 1 atom stereocenters. The van der Waals surface area contributed by atoms with E-state index in [0.717, 1.165) is 11.1 Å². The highest BCUT2D eigenvalue weighted by Crippen LogP contribution is 2.21. The van der Waals surface area contributed by atoms with E-state index >= 15 is 0 Å². The lowest BCUT2D eigenvalue weighted by Crippen LogP contribution is -2.48. The van der Waals surface area contributed by atoms with Gasteiger partial charge in [-0.15, -0.1) is 0 Å². The number of carbonyl (C=O) groups excluding carboxylic acids is 1. The molecule has 1 unspecified atom stereocenters. The Hall–Kier alpha value is -2.11. The fraction of sp³-hybridized carbons (Fsp3) is 0.533. The van der Waals surface area contributed by atoms with Crippen molar-refractivity contribution in [3.05, 3.63) is 29.6 Å². The van der Waals surface area contributed by atoms with Gasteiger partial charge in [0, 0.05) is 25.0 Å². The molecule has 1 heterocycles. The minimum Gasteiger partial charge on any atom is -0.481 e. The van der Waals surface area contributed by atoms with E-state index < -0.39 is 12.0 Å². The Morgan fingerprint density at radius 1 is 1.38 bits per heavy atom. The Morgan fingerprint density at radius 2 is 2.05 bits per heavy atom. The zero-order valence-electron chi connectivity index (χ0n) is 12.9. The van der Waals surface area contributed by atoms with Gasteiger partial charge in [0.15, 0.2) is 0 Å². The van der Waals surface area contributed by atoms with Crippen molar-refractivity contribution in [1.29, 1.82) is 0 Å². The van der Waals surface area contributed by atoms with Crippen LogP contribution in [-0.2, 0) is 11.3 Å². The first-order chi connectivity index (χ1) is 9.70. The maximum atomic E-state index is 11.9. The molecule has 0 aliphatic carbocycles. The summed E-state index contributed by atoms with van der Waals surface area (Å²) in [5, 5.41) is 14.4. The molecule has 0 aliphatic rings. The van der Waals surface area contributed by atoms with Crippen LogP contribution in [0.1, 0.15) is 38.3 Å². The predicted octanol–water partition coefficient (Wildman–Crippen LogP) is 2.08. The third-order valence-corrected chi connectivity index (χ3v) is 3.31. The number of carboxylic acid groups (broad SMARTS) is 1. The second-order valence-electron chi connectivity index (χ2n) is 6.15. The van der Waals surface area contributed by atoms with Crippen molar-refractivity contribution in [2.24, 2.45) is 5.41 Å². The van der Waals surface area contributed by atoms with Crippen LogP contribution in [0.4, 0.5) is 4.79 Å². The number of hydrogen-bond acceptors (Lipinski definition) is 3. The molecule has 0 fully saturated rings. The van der Waals surface area contributed by atoms with Crippen LogP contribution >= 0.6 is 0 Å². The molecule has 0 bridgehead atoms. The number of nitrogens with zero attached hydrogens (tertiary/aromatic N) is 1. The molecule has 0 saturated heterocycles. The minimum absolute atomic E-state index is 0.106. The molecule has 0 spiro atoms. The van der Waals surface area contributed by atoms with Crippen molar-refractivity contribution in [1.82, 2.24) is 15.6 Å². The van der Waals surface area contributed by atoms with Crippen molar-refractivity contribution in [3.8, 4) is 0 Å². The fourth-order valence-corrected chi connectivity index (χ4v) is 1.83. The molecule has 6 heteroatoms. The van der Waals surface area contributed by atoms with Gasteiger partial charge < -0.3 is 15.7 Å². The lowest BCUT2D eigenvalue weighted by Gasteiger charge is -2.30. The van der Waals surface area contributed by atoms with Gasteiger partial charge in [0.2, 0.25) is 0 Å². The van der Waals surface area contributed by atoms with Gasteiger partial charge >= 0.3 is 12.0 Å². The predicted molar refractivity (Wildman–Crippen MR) is 79.8 cm³/mol. The highest BCUT2D eigenvalue weighted by atomic mass is 16.4. The van der Waals surface area contributed by atoms with Crippen LogP contribution in [0, 0.1) is 12.3 Å². The van der Waals surface area contributed by atoms with Gasteiger partial charge in [-0.2, -0.15) is 0 Å². The van der Waals surface area contributed by atoms with Crippen molar-refractivity contribution in [2.75, 3.05) is 0 Å². The summed E-state index contributed by atoms with van der Waals surface area (Å²) in [5.41, 5.74) is 1.64. The van der Waals surface area contributed by atoms with Gasteiger partial charge in [-0.1, -0.05) is 20.8 Å². The van der Waals surface area contributed by atoms with E-state index in [4.69, 9.17) is 5.11 Å². The van der Waals surface area contributed by atoms with Gasteiger partial charge in [-0.3, -0.25) is 9.78 Å². The smallest absolute Gasteiger partial charge is 0.315 e. The Morgan fingerprint density at radius 3 is 2.57 bits per heavy atom. The normalized spacial score (nSPS) is 12.6. The van der Waals surface area contributed by atoms with Gasteiger partial charge in [-0.25, -0.2) is 4.79 Å². The number of rotatable bonds is 5. The molecule has 2 amide bonds. The van der Waals surface area contributed by atoms with Crippen molar-refractivity contribution >= 4 is 12.0 Å². The van der Waals surface area contributed by atoms with E-state index in [1.807, 2.05) is 33.8 Å². The van der Waals surface area contributed by atoms with E-state index in [-0.39, 0.29) is 17.9 Å². The van der Waals surface area contributed by atoms with Crippen molar-refractivity contribution < 1.29 is 14.7 Å². The molecule has 0 aliphatic heterocycles. The van der Waals surface area contributed by atoms with Crippen molar-refractivity contribution in [2.45, 2.75) is 46.7 Å². The number of carboxylic acids is 1. The summed E-state index contributed by atoms with van der Waals surface area (Å²) in [4.78, 5) is 26.8. The number of amides is 2. The summed E-state index contributed by atoms with van der Waals surface area (Å²) in [7, 11) is 0. The highest BCUT2D eigenvalue weighted by molar-refractivity contribution is 5.75. The molecule has 0 aromatic carbocycles. The molecule has 116 valence electrons. The van der Waals surface area contributed by atoms with Crippen LogP contribution in [0.2, 0.25) is 0 Å². The van der Waals surface area contributed by atoms with Gasteiger partial charge in [0.25, 0.3) is 0 Å². The summed E-state index contributed by atoms with van der Waals surface area (Å²) in [6.07, 6.45) is 3.30. The van der Waals surface area contributed by atoms with Crippen LogP contribution in [0.25, 0.3) is 0 Å². The number of aliphatic carboxylic acids is 1. The third-order valence-electron chi connectivity index (χ3n) is 3.31. The molecular weight excluding hydrogens is 270 g/mol. The quantitative estimate of drug-likeness (QED) is 0.775. The second kappa shape index (κ2) is 7.06. The summed E-state index contributed by atoms with van der Waals surface area (Å²) in [6.45, 7) is 7.99. The fourth-order valence-electron chi connectivity index (χ4n) is 1.83. The minimum atomic E-state index is -0.930. The Kier molecular flexibility index (Phi) is 5.69. The van der Waals surface area contributed by atoms with Gasteiger partial charge in [0.05, 0.1) is 6.42 Å². The Labute approximate surface area is 125 Å². The van der Waals surface area contributed by atoms with Crippen LogP contribution in [0.15, 0.2) is 18.5 Å². The summed E-state index contributed by atoms with van der Waals surface area (Å²) in [5.74, 6) is -0.930.